The Morgan fingerprint density at radius 3 is 2.50 bits per heavy atom. The van der Waals surface area contributed by atoms with Gasteiger partial charge in [-0.05, 0) is 24.5 Å². The molecule has 98 valence electrons. The van der Waals surface area contributed by atoms with Crippen LogP contribution in [0.5, 0.6) is 0 Å². The molecule has 1 heterocycles. The predicted molar refractivity (Wildman–Crippen MR) is 68.8 cm³/mol. The zero-order valence-corrected chi connectivity index (χ0v) is 11.6. The van der Waals surface area contributed by atoms with Crippen molar-refractivity contribution < 1.29 is 13.6 Å². The molecule has 0 aromatic heterocycles. The molecule has 0 radical (unpaired) electrons. The normalized spacial score (nSPS) is 24.1. The van der Waals surface area contributed by atoms with Crippen LogP contribution >= 0.6 is 15.9 Å². The largest absolute Gasteiger partial charge is 0.338 e. The van der Waals surface area contributed by atoms with Gasteiger partial charge in [0.25, 0.3) is 5.91 Å². The minimum atomic E-state index is -0.723. The van der Waals surface area contributed by atoms with Gasteiger partial charge in [0.15, 0.2) is 0 Å². The fourth-order valence-corrected chi connectivity index (χ4v) is 2.68. The number of halogens is 3. The molecule has 1 fully saturated rings. The summed E-state index contributed by atoms with van der Waals surface area (Å²) in [5, 5.41) is 0. The molecule has 2 atom stereocenters. The first kappa shape index (κ1) is 13.5. The number of piperidine rings is 1. The number of alkyl halides is 1. The van der Waals surface area contributed by atoms with Gasteiger partial charge in [0, 0.05) is 29.5 Å². The van der Waals surface area contributed by atoms with E-state index in [-0.39, 0.29) is 16.3 Å². The van der Waals surface area contributed by atoms with Gasteiger partial charge in [0.1, 0.15) is 11.6 Å². The van der Waals surface area contributed by atoms with Gasteiger partial charge in [-0.1, -0.05) is 22.9 Å². The van der Waals surface area contributed by atoms with Crippen LogP contribution in [0.15, 0.2) is 18.2 Å². The highest BCUT2D eigenvalue weighted by atomic mass is 79.9. The molecule has 0 N–H and O–H groups in total. The molecule has 1 aromatic rings. The third-order valence-electron chi connectivity index (χ3n) is 3.26. The zero-order chi connectivity index (χ0) is 13.3. The van der Waals surface area contributed by atoms with Crippen LogP contribution in [-0.2, 0) is 0 Å². The second-order valence-corrected chi connectivity index (χ2v) is 5.87. The number of nitrogens with zero attached hydrogens (tertiary/aromatic N) is 1. The van der Waals surface area contributed by atoms with E-state index < -0.39 is 11.6 Å². The lowest BCUT2D eigenvalue weighted by Crippen LogP contribution is -2.43. The third-order valence-corrected chi connectivity index (χ3v) is 4.46. The monoisotopic (exact) mass is 317 g/mol. The molecule has 18 heavy (non-hydrogen) atoms. The fraction of sp³-hybridized carbons (Fsp3) is 0.462. The maximum Gasteiger partial charge on any atom is 0.254 e. The minimum absolute atomic E-state index is 0.0711. The van der Waals surface area contributed by atoms with E-state index in [1.54, 1.807) is 4.90 Å². The SMILES string of the molecule is CC1CCN(C(=O)c2cc(F)cc(F)c2)CC1Br. The summed E-state index contributed by atoms with van der Waals surface area (Å²) in [5.41, 5.74) is 0.0711. The summed E-state index contributed by atoms with van der Waals surface area (Å²) in [6.07, 6.45) is 0.888. The van der Waals surface area contributed by atoms with E-state index in [1.807, 2.05) is 0 Å². The Bertz CT molecular complexity index is 446. The van der Waals surface area contributed by atoms with Crippen LogP contribution in [0.4, 0.5) is 8.78 Å². The molecule has 1 saturated heterocycles. The second kappa shape index (κ2) is 5.34. The first-order valence-electron chi connectivity index (χ1n) is 5.87. The second-order valence-electron chi connectivity index (χ2n) is 4.69. The van der Waals surface area contributed by atoms with Crippen molar-refractivity contribution in [3.05, 3.63) is 35.4 Å². The van der Waals surface area contributed by atoms with Crippen molar-refractivity contribution in [2.24, 2.45) is 5.92 Å². The van der Waals surface area contributed by atoms with Gasteiger partial charge < -0.3 is 4.90 Å². The van der Waals surface area contributed by atoms with Crippen molar-refractivity contribution >= 4 is 21.8 Å². The number of benzene rings is 1. The molecule has 0 aliphatic carbocycles. The van der Waals surface area contributed by atoms with E-state index in [2.05, 4.69) is 22.9 Å². The van der Waals surface area contributed by atoms with Gasteiger partial charge in [-0.15, -0.1) is 0 Å². The molecule has 2 unspecified atom stereocenters. The molecule has 2 nitrogen and oxygen atoms in total. The smallest absolute Gasteiger partial charge is 0.254 e. The summed E-state index contributed by atoms with van der Waals surface area (Å²) < 4.78 is 26.1. The standard InChI is InChI=1S/C13H14BrF2NO/c1-8-2-3-17(7-12(8)14)13(18)9-4-10(15)6-11(16)5-9/h4-6,8,12H,2-3,7H2,1H3. The topological polar surface area (TPSA) is 20.3 Å². The number of rotatable bonds is 1. The van der Waals surface area contributed by atoms with E-state index in [0.717, 1.165) is 24.6 Å². The number of hydrogen-bond donors (Lipinski definition) is 0. The van der Waals surface area contributed by atoms with Crippen LogP contribution in [0.25, 0.3) is 0 Å². The van der Waals surface area contributed by atoms with E-state index in [9.17, 15) is 13.6 Å². The maximum absolute atomic E-state index is 13.1. The summed E-state index contributed by atoms with van der Waals surface area (Å²) >= 11 is 3.52. The van der Waals surface area contributed by atoms with Crippen molar-refractivity contribution in [3.63, 3.8) is 0 Å². The predicted octanol–water partition coefficient (Wildman–Crippen LogP) is 3.21. The van der Waals surface area contributed by atoms with Crippen LogP contribution in [0.1, 0.15) is 23.7 Å². The average molecular weight is 318 g/mol. The number of amides is 1. The van der Waals surface area contributed by atoms with Crippen LogP contribution in [0, 0.1) is 17.6 Å². The quantitative estimate of drug-likeness (QED) is 0.728. The maximum atomic E-state index is 13.1. The molecule has 5 heteroatoms. The Kier molecular flexibility index (Phi) is 4.00. The van der Waals surface area contributed by atoms with E-state index in [4.69, 9.17) is 0 Å². The fourth-order valence-electron chi connectivity index (χ4n) is 2.07. The molecule has 0 bridgehead atoms. The highest BCUT2D eigenvalue weighted by Crippen LogP contribution is 2.24. The van der Waals surface area contributed by atoms with E-state index in [1.165, 1.54) is 0 Å². The summed E-state index contributed by atoms with van der Waals surface area (Å²) in [4.78, 5) is 14.0. The molecular weight excluding hydrogens is 304 g/mol. The highest BCUT2D eigenvalue weighted by Gasteiger charge is 2.27. The van der Waals surface area contributed by atoms with Crippen molar-refractivity contribution in [2.75, 3.05) is 13.1 Å². The van der Waals surface area contributed by atoms with Crippen molar-refractivity contribution in [3.8, 4) is 0 Å². The summed E-state index contributed by atoms with van der Waals surface area (Å²) in [6, 6.07) is 2.92. The van der Waals surface area contributed by atoms with E-state index in [0.29, 0.717) is 19.0 Å². The van der Waals surface area contributed by atoms with Gasteiger partial charge in [0.2, 0.25) is 0 Å². The Balaban J connectivity index is 2.16. The summed E-state index contributed by atoms with van der Waals surface area (Å²) in [6.45, 7) is 3.31. The molecule has 0 saturated carbocycles. The molecule has 1 aromatic carbocycles. The first-order chi connectivity index (χ1) is 8.47. The lowest BCUT2D eigenvalue weighted by atomic mass is 9.98. The lowest BCUT2D eigenvalue weighted by Gasteiger charge is -2.34. The van der Waals surface area contributed by atoms with Gasteiger partial charge >= 0.3 is 0 Å². The molecule has 0 spiro atoms. The highest BCUT2D eigenvalue weighted by molar-refractivity contribution is 9.09. The number of carbonyl (C=O) groups excluding carboxylic acids is 1. The van der Waals surface area contributed by atoms with Crippen LogP contribution in [-0.4, -0.2) is 28.7 Å². The van der Waals surface area contributed by atoms with Crippen LogP contribution in [0.2, 0.25) is 0 Å². The summed E-state index contributed by atoms with van der Waals surface area (Å²) in [5.74, 6) is -1.26. The Labute approximate surface area is 113 Å². The Morgan fingerprint density at radius 2 is 1.94 bits per heavy atom. The number of carbonyl (C=O) groups is 1. The Morgan fingerprint density at radius 1 is 1.33 bits per heavy atom. The van der Waals surface area contributed by atoms with Gasteiger partial charge in [-0.3, -0.25) is 4.79 Å². The number of hydrogen-bond acceptors (Lipinski definition) is 1. The average Bonchev–Trinajstić information content (AvgIpc) is 2.30. The summed E-state index contributed by atoms with van der Waals surface area (Å²) in [7, 11) is 0. The first-order valence-corrected chi connectivity index (χ1v) is 6.78. The van der Waals surface area contributed by atoms with Crippen molar-refractivity contribution in [1.29, 1.82) is 0 Å². The van der Waals surface area contributed by atoms with Gasteiger partial charge in [-0.25, -0.2) is 8.78 Å². The number of likely N-dealkylation sites (tertiary alicyclic amines) is 1. The molecule has 1 amide bonds. The van der Waals surface area contributed by atoms with Crippen molar-refractivity contribution in [2.45, 2.75) is 18.2 Å². The lowest BCUT2D eigenvalue weighted by molar-refractivity contribution is 0.0705. The van der Waals surface area contributed by atoms with Gasteiger partial charge in [0.05, 0.1) is 0 Å². The Hall–Kier alpha value is -0.970. The van der Waals surface area contributed by atoms with Gasteiger partial charge in [-0.2, -0.15) is 0 Å². The van der Waals surface area contributed by atoms with Crippen molar-refractivity contribution in [1.82, 2.24) is 4.90 Å². The zero-order valence-electron chi connectivity index (χ0n) is 10.00. The molecule has 2 rings (SSSR count). The van der Waals surface area contributed by atoms with Crippen LogP contribution < -0.4 is 0 Å². The minimum Gasteiger partial charge on any atom is -0.338 e. The molecular formula is C13H14BrF2NO. The van der Waals surface area contributed by atoms with E-state index >= 15 is 0 Å². The third kappa shape index (κ3) is 2.88. The van der Waals surface area contributed by atoms with Crippen LogP contribution in [0.3, 0.4) is 0 Å². The molecule has 1 aliphatic rings. The molecule has 1 aliphatic heterocycles.